The maximum atomic E-state index is 13.2. The molecule has 4 aromatic rings. The molecule has 0 bridgehead atoms. The van der Waals surface area contributed by atoms with Crippen LogP contribution in [-0.4, -0.2) is 49.0 Å². The number of rotatable bonds is 6. The molecule has 0 aliphatic carbocycles. The normalized spacial score (nSPS) is 15.1. The molecule has 0 radical (unpaired) electrons. The Labute approximate surface area is 190 Å². The number of hydrogen-bond acceptors (Lipinski definition) is 7. The van der Waals surface area contributed by atoms with Gasteiger partial charge in [-0.15, -0.1) is 11.3 Å². The van der Waals surface area contributed by atoms with Crippen LogP contribution in [0.3, 0.4) is 0 Å². The van der Waals surface area contributed by atoms with Gasteiger partial charge in [-0.05, 0) is 17.2 Å². The zero-order valence-corrected chi connectivity index (χ0v) is 18.9. The number of hydrogen-bond donors (Lipinski definition) is 1. The second-order valence-corrected chi connectivity index (χ2v) is 10.2. The molecule has 3 heterocycles. The Balaban J connectivity index is 1.47. The smallest absolute Gasteiger partial charge is 0.243 e. The Bertz CT molecular complexity index is 1330. The van der Waals surface area contributed by atoms with Crippen LogP contribution >= 0.6 is 11.3 Å². The summed E-state index contributed by atoms with van der Waals surface area (Å²) in [5, 5.41) is 6.39. The lowest BCUT2D eigenvalue weighted by molar-refractivity contribution is 0.0730. The first-order valence-electron chi connectivity index (χ1n) is 10.3. The first kappa shape index (κ1) is 21.0. The number of anilines is 1. The van der Waals surface area contributed by atoms with Crippen LogP contribution < -0.4 is 5.32 Å². The van der Waals surface area contributed by atoms with Gasteiger partial charge in [-0.2, -0.15) is 4.31 Å². The average molecular weight is 467 g/mol. The molecule has 1 fully saturated rings. The highest BCUT2D eigenvalue weighted by Gasteiger charge is 2.28. The fourth-order valence-electron chi connectivity index (χ4n) is 3.85. The van der Waals surface area contributed by atoms with Crippen LogP contribution in [0.5, 0.6) is 0 Å². The minimum atomic E-state index is -3.60. The van der Waals surface area contributed by atoms with Gasteiger partial charge in [-0.25, -0.2) is 18.4 Å². The van der Waals surface area contributed by atoms with Gasteiger partial charge in [0.1, 0.15) is 17.0 Å². The third-order valence-electron chi connectivity index (χ3n) is 5.46. The van der Waals surface area contributed by atoms with Crippen molar-refractivity contribution in [2.24, 2.45) is 0 Å². The Kier molecular flexibility index (Phi) is 5.88. The summed E-state index contributed by atoms with van der Waals surface area (Å²) >= 11 is 1.57. The lowest BCUT2D eigenvalue weighted by Crippen LogP contribution is -2.41. The molecule has 9 heteroatoms. The van der Waals surface area contributed by atoms with Gasteiger partial charge in [0.2, 0.25) is 10.0 Å². The Morgan fingerprint density at radius 1 is 1.00 bits per heavy atom. The van der Waals surface area contributed by atoms with Crippen LogP contribution in [0, 0.1) is 0 Å². The summed E-state index contributed by atoms with van der Waals surface area (Å²) < 4.78 is 33.3. The van der Waals surface area contributed by atoms with E-state index in [0.717, 1.165) is 21.3 Å². The van der Waals surface area contributed by atoms with Crippen molar-refractivity contribution >= 4 is 37.4 Å². The number of sulfonamides is 1. The maximum absolute atomic E-state index is 13.2. The predicted octanol–water partition coefficient (Wildman–Crippen LogP) is 3.99. The van der Waals surface area contributed by atoms with E-state index in [-0.39, 0.29) is 0 Å². The van der Waals surface area contributed by atoms with E-state index in [0.29, 0.717) is 49.1 Å². The van der Waals surface area contributed by atoms with Gasteiger partial charge in [0.05, 0.1) is 23.5 Å². The summed E-state index contributed by atoms with van der Waals surface area (Å²) in [6.45, 7) is 1.89. The number of morpholine rings is 1. The number of nitrogens with zero attached hydrogens (tertiary/aromatic N) is 3. The molecule has 0 atom stereocenters. The zero-order valence-electron chi connectivity index (χ0n) is 17.3. The molecule has 0 unspecified atom stereocenters. The van der Waals surface area contributed by atoms with E-state index >= 15 is 0 Å². The van der Waals surface area contributed by atoms with E-state index in [1.165, 1.54) is 10.6 Å². The van der Waals surface area contributed by atoms with Crippen LogP contribution in [-0.2, 0) is 21.3 Å². The van der Waals surface area contributed by atoms with Gasteiger partial charge in [-0.3, -0.25) is 0 Å². The zero-order chi connectivity index (χ0) is 22.0. The third-order valence-corrected chi connectivity index (χ3v) is 8.35. The molecular formula is C23H22N4O3S2. The first-order chi connectivity index (χ1) is 15.6. The minimum Gasteiger partial charge on any atom is -0.379 e. The molecule has 2 aromatic carbocycles. The summed E-state index contributed by atoms with van der Waals surface area (Å²) in [7, 11) is -3.60. The van der Waals surface area contributed by atoms with Crippen molar-refractivity contribution in [3.63, 3.8) is 0 Å². The highest BCUT2D eigenvalue weighted by Crippen LogP contribution is 2.36. The van der Waals surface area contributed by atoms with Crippen LogP contribution in [0.2, 0.25) is 0 Å². The Morgan fingerprint density at radius 2 is 1.75 bits per heavy atom. The van der Waals surface area contributed by atoms with Crippen molar-refractivity contribution in [3.05, 3.63) is 71.9 Å². The minimum absolute atomic E-state index is 0.313. The van der Waals surface area contributed by atoms with E-state index in [1.54, 1.807) is 23.5 Å². The van der Waals surface area contributed by atoms with E-state index in [1.807, 2.05) is 30.3 Å². The van der Waals surface area contributed by atoms with Gasteiger partial charge in [-0.1, -0.05) is 48.5 Å². The summed E-state index contributed by atoms with van der Waals surface area (Å²) in [6, 6.07) is 17.2. The number of nitrogens with one attached hydrogen (secondary N) is 1. The van der Waals surface area contributed by atoms with Crippen LogP contribution in [0.1, 0.15) is 5.56 Å². The van der Waals surface area contributed by atoms with Crippen molar-refractivity contribution in [2.45, 2.75) is 11.4 Å². The van der Waals surface area contributed by atoms with Crippen molar-refractivity contribution < 1.29 is 13.2 Å². The second kappa shape index (κ2) is 8.95. The molecule has 0 saturated carbocycles. The van der Waals surface area contributed by atoms with E-state index in [4.69, 9.17) is 4.74 Å². The topological polar surface area (TPSA) is 84.4 Å². The van der Waals surface area contributed by atoms with Crippen molar-refractivity contribution in [1.29, 1.82) is 0 Å². The number of thiophene rings is 1. The van der Waals surface area contributed by atoms with E-state index in [9.17, 15) is 8.42 Å². The van der Waals surface area contributed by atoms with E-state index < -0.39 is 10.0 Å². The molecule has 1 aliphatic rings. The molecule has 0 spiro atoms. The van der Waals surface area contributed by atoms with Gasteiger partial charge >= 0.3 is 0 Å². The van der Waals surface area contributed by atoms with Crippen molar-refractivity contribution in [2.75, 3.05) is 31.6 Å². The van der Waals surface area contributed by atoms with Crippen LogP contribution in [0.4, 0.5) is 5.82 Å². The van der Waals surface area contributed by atoms with Gasteiger partial charge in [0.25, 0.3) is 0 Å². The summed E-state index contributed by atoms with van der Waals surface area (Å²) in [4.78, 5) is 10.1. The van der Waals surface area contributed by atoms with Crippen molar-refractivity contribution in [3.8, 4) is 11.1 Å². The largest absolute Gasteiger partial charge is 0.379 e. The molecule has 0 amide bonds. The van der Waals surface area contributed by atoms with E-state index in [2.05, 4.69) is 32.8 Å². The average Bonchev–Trinajstić information content (AvgIpc) is 3.29. The molecular weight excluding hydrogens is 444 g/mol. The number of fused-ring (bicyclic) bond motifs is 1. The summed E-state index contributed by atoms with van der Waals surface area (Å²) in [5.74, 6) is 0.689. The van der Waals surface area contributed by atoms with Gasteiger partial charge < -0.3 is 10.1 Å². The standard InChI is InChI=1S/C23H22N4O3S2/c28-32(29,27-10-12-30-13-11-27)20-9-5-4-8-18(20)14-24-22-21-19(17-6-2-1-3-7-17)15-31-23(21)26-16-25-22/h1-9,15-16H,10-14H2,(H,24,25,26). The number of aromatic nitrogens is 2. The Hall–Kier alpha value is -2.85. The maximum Gasteiger partial charge on any atom is 0.243 e. The predicted molar refractivity (Wildman–Crippen MR) is 126 cm³/mol. The quantitative estimate of drug-likeness (QED) is 0.463. The van der Waals surface area contributed by atoms with Gasteiger partial charge in [0, 0.05) is 30.6 Å². The monoisotopic (exact) mass is 466 g/mol. The molecule has 1 N–H and O–H groups in total. The fraction of sp³-hybridized carbons (Fsp3) is 0.217. The fourth-order valence-corrected chi connectivity index (χ4v) is 6.39. The van der Waals surface area contributed by atoms with Gasteiger partial charge in [0.15, 0.2) is 0 Å². The Morgan fingerprint density at radius 3 is 2.56 bits per heavy atom. The molecule has 32 heavy (non-hydrogen) atoms. The number of benzene rings is 2. The number of ether oxygens (including phenoxy) is 1. The SMILES string of the molecule is O=S(=O)(c1ccccc1CNc1ncnc2scc(-c3ccccc3)c12)N1CCOCC1. The third kappa shape index (κ3) is 4.00. The van der Waals surface area contributed by atoms with Crippen LogP contribution in [0.15, 0.2) is 71.2 Å². The highest BCUT2D eigenvalue weighted by molar-refractivity contribution is 7.89. The molecule has 1 saturated heterocycles. The molecule has 7 nitrogen and oxygen atoms in total. The second-order valence-electron chi connectivity index (χ2n) is 7.40. The molecule has 2 aromatic heterocycles. The summed E-state index contributed by atoms with van der Waals surface area (Å²) in [5.41, 5.74) is 2.84. The lowest BCUT2D eigenvalue weighted by Gasteiger charge is -2.27. The first-order valence-corrected chi connectivity index (χ1v) is 12.6. The summed E-state index contributed by atoms with van der Waals surface area (Å²) in [6.07, 6.45) is 1.53. The highest BCUT2D eigenvalue weighted by atomic mass is 32.2. The molecule has 5 rings (SSSR count). The van der Waals surface area contributed by atoms with Crippen molar-refractivity contribution in [1.82, 2.24) is 14.3 Å². The van der Waals surface area contributed by atoms with Crippen LogP contribution in [0.25, 0.3) is 21.3 Å². The molecule has 164 valence electrons. The molecule has 1 aliphatic heterocycles. The lowest BCUT2D eigenvalue weighted by atomic mass is 10.1.